The van der Waals surface area contributed by atoms with Crippen LogP contribution in [0.2, 0.25) is 0 Å². The summed E-state index contributed by atoms with van der Waals surface area (Å²) in [5.74, 6) is 0.379. The number of rotatable bonds is 3. The summed E-state index contributed by atoms with van der Waals surface area (Å²) < 4.78 is 11.9. The lowest BCUT2D eigenvalue weighted by Crippen LogP contribution is -2.55. The van der Waals surface area contributed by atoms with Crippen molar-refractivity contribution < 1.29 is 34.1 Å². The van der Waals surface area contributed by atoms with Crippen LogP contribution in [0.25, 0.3) is 0 Å². The van der Waals surface area contributed by atoms with Gasteiger partial charge in [-0.25, -0.2) is 0 Å². The predicted molar refractivity (Wildman–Crippen MR) is 126 cm³/mol. The highest BCUT2D eigenvalue weighted by Gasteiger charge is 2.47. The molecular formula is C25H38N4O7. The van der Waals surface area contributed by atoms with Crippen molar-refractivity contribution in [3.63, 3.8) is 0 Å². The Morgan fingerprint density at radius 1 is 1.00 bits per heavy atom. The Bertz CT molecular complexity index is 880. The van der Waals surface area contributed by atoms with Gasteiger partial charge in [-0.15, -0.1) is 0 Å². The van der Waals surface area contributed by atoms with E-state index in [1.165, 1.54) is 12.8 Å². The molecule has 11 heteroatoms. The number of carbonyl (C=O) groups excluding carboxylic acids is 3. The smallest absolute Gasteiger partial charge is 0.240 e. The molecule has 0 aromatic heterocycles. The van der Waals surface area contributed by atoms with Crippen LogP contribution in [0.1, 0.15) is 38.5 Å². The maximum Gasteiger partial charge on any atom is 0.240 e. The minimum absolute atomic E-state index is 0.0103. The maximum atomic E-state index is 13.7. The summed E-state index contributed by atoms with van der Waals surface area (Å²) in [7, 11) is 0. The Morgan fingerprint density at radius 2 is 1.78 bits per heavy atom. The van der Waals surface area contributed by atoms with E-state index in [0.717, 1.165) is 19.4 Å². The van der Waals surface area contributed by atoms with Crippen LogP contribution in [0, 0.1) is 11.8 Å². The van der Waals surface area contributed by atoms with E-state index in [4.69, 9.17) is 9.47 Å². The zero-order valence-corrected chi connectivity index (χ0v) is 20.7. The number of ether oxygens (including phenoxy) is 2. The molecule has 2 aliphatic carbocycles. The molecule has 4 heterocycles. The van der Waals surface area contributed by atoms with Gasteiger partial charge < -0.3 is 34.8 Å². The molecule has 0 unspecified atom stereocenters. The summed E-state index contributed by atoms with van der Waals surface area (Å²) in [4.78, 5) is 45.4. The number of carbonyl (C=O) groups is 3. The molecular weight excluding hydrogens is 468 g/mol. The molecule has 11 nitrogen and oxygen atoms in total. The minimum Gasteiger partial charge on any atom is -0.388 e. The number of nitrogens with one attached hydrogen (secondary N) is 1. The molecule has 4 saturated heterocycles. The molecule has 0 spiro atoms. The van der Waals surface area contributed by atoms with Gasteiger partial charge in [0.1, 0.15) is 18.3 Å². The number of amides is 3. The lowest BCUT2D eigenvalue weighted by atomic mass is 10.0. The van der Waals surface area contributed by atoms with E-state index in [2.05, 4.69) is 10.2 Å². The van der Waals surface area contributed by atoms with Crippen molar-refractivity contribution >= 4 is 17.7 Å². The first-order valence-electron chi connectivity index (χ1n) is 13.6. The zero-order chi connectivity index (χ0) is 25.0. The largest absolute Gasteiger partial charge is 0.388 e. The molecule has 3 amide bonds. The number of aliphatic hydroxyl groups is 2. The third kappa shape index (κ3) is 5.13. The molecule has 0 aromatic carbocycles. The zero-order valence-electron chi connectivity index (χ0n) is 20.7. The number of hydrogen-bond acceptors (Lipinski definition) is 8. The SMILES string of the molecule is O=C1C[C@@H]2O[C@H](CN(C(=O)C3CC3)C[C@@H]3CN(CCO3)C(=O)[C@@H]3C[C@@H](CN3CC3CC3)N1)[C@@H](O)[C@H]2O. The van der Waals surface area contributed by atoms with Gasteiger partial charge in [-0.05, 0) is 38.0 Å². The number of likely N-dealkylation sites (tertiary alicyclic amines) is 1. The highest BCUT2D eigenvalue weighted by Crippen LogP contribution is 2.34. The lowest BCUT2D eigenvalue weighted by Gasteiger charge is -2.38. The summed E-state index contributed by atoms with van der Waals surface area (Å²) in [5.41, 5.74) is 0. The van der Waals surface area contributed by atoms with E-state index >= 15 is 0 Å². The summed E-state index contributed by atoms with van der Waals surface area (Å²) in [6.07, 6.45) is 0.132. The Labute approximate surface area is 211 Å². The van der Waals surface area contributed by atoms with Gasteiger partial charge in [-0.3, -0.25) is 19.3 Å². The second kappa shape index (κ2) is 9.83. The highest BCUT2D eigenvalue weighted by atomic mass is 16.5. The van der Waals surface area contributed by atoms with Gasteiger partial charge in [0.2, 0.25) is 17.7 Å². The molecule has 7 atom stereocenters. The molecule has 4 aliphatic heterocycles. The average Bonchev–Trinajstić information content (AvgIpc) is 3.78. The minimum atomic E-state index is -1.21. The van der Waals surface area contributed by atoms with Crippen LogP contribution in [0.15, 0.2) is 0 Å². The molecule has 6 bridgehead atoms. The van der Waals surface area contributed by atoms with Crippen molar-refractivity contribution in [1.29, 1.82) is 0 Å². The van der Waals surface area contributed by atoms with E-state index in [1.54, 1.807) is 4.90 Å². The van der Waals surface area contributed by atoms with Crippen LogP contribution >= 0.6 is 0 Å². The van der Waals surface area contributed by atoms with Gasteiger partial charge in [0, 0.05) is 51.2 Å². The third-order valence-corrected chi connectivity index (χ3v) is 8.60. The van der Waals surface area contributed by atoms with Crippen molar-refractivity contribution in [2.45, 2.75) is 81.1 Å². The monoisotopic (exact) mass is 506 g/mol. The first-order chi connectivity index (χ1) is 17.4. The summed E-state index contributed by atoms with van der Waals surface area (Å²) in [6, 6.07) is -0.438. The van der Waals surface area contributed by atoms with Crippen molar-refractivity contribution in [2.75, 3.05) is 45.9 Å². The standard InChI is InChI=1S/C25H38N4O7/c30-21-8-19-22(31)23(32)20(36-19)13-29(24(33)15-3-4-15)12-17-11-27(5-6-35-17)25(34)18-7-16(26-21)10-28(18)9-14-1-2-14/h14-20,22-23,31-32H,1-13H2,(H,26,30)/t16-,17-,18-,19-,20+,22-,23+/m0/s1. The Hall–Kier alpha value is -1.79. The number of hydrogen-bond donors (Lipinski definition) is 3. The van der Waals surface area contributed by atoms with Gasteiger partial charge in [0.15, 0.2) is 0 Å². The molecule has 6 aliphatic rings. The van der Waals surface area contributed by atoms with Crippen LogP contribution < -0.4 is 5.32 Å². The van der Waals surface area contributed by atoms with Crippen molar-refractivity contribution in [2.24, 2.45) is 11.8 Å². The number of nitrogens with zero attached hydrogens (tertiary/aromatic N) is 3. The maximum absolute atomic E-state index is 13.7. The summed E-state index contributed by atoms with van der Waals surface area (Å²) >= 11 is 0. The topological polar surface area (TPSA) is 132 Å². The van der Waals surface area contributed by atoms with Gasteiger partial charge in [0.05, 0.1) is 31.3 Å². The molecule has 6 rings (SSSR count). The summed E-state index contributed by atoms with van der Waals surface area (Å²) in [5, 5.41) is 24.4. The van der Waals surface area contributed by atoms with E-state index < -0.39 is 24.4 Å². The summed E-state index contributed by atoms with van der Waals surface area (Å²) in [6.45, 7) is 3.20. The molecule has 0 aromatic rings. The fourth-order valence-electron chi connectivity index (χ4n) is 6.26. The van der Waals surface area contributed by atoms with Gasteiger partial charge >= 0.3 is 0 Å². The third-order valence-electron chi connectivity index (χ3n) is 8.60. The molecule has 3 N–H and O–H groups in total. The molecule has 6 fully saturated rings. The fraction of sp³-hybridized carbons (Fsp3) is 0.880. The molecule has 2 saturated carbocycles. The second-order valence-electron chi connectivity index (χ2n) is 11.6. The number of aliphatic hydroxyl groups excluding tert-OH is 2. The van der Waals surface area contributed by atoms with Gasteiger partial charge in [-0.1, -0.05) is 0 Å². The van der Waals surface area contributed by atoms with Crippen LogP contribution in [-0.4, -0.2) is 131 Å². The van der Waals surface area contributed by atoms with Crippen molar-refractivity contribution in [3.05, 3.63) is 0 Å². The average molecular weight is 507 g/mol. The van der Waals surface area contributed by atoms with Crippen molar-refractivity contribution in [3.8, 4) is 0 Å². The fourth-order valence-corrected chi connectivity index (χ4v) is 6.26. The number of morpholine rings is 1. The second-order valence-corrected chi connectivity index (χ2v) is 11.6. The Balaban J connectivity index is 1.25. The quantitative estimate of drug-likeness (QED) is 0.414. The van der Waals surface area contributed by atoms with Crippen LogP contribution in [0.4, 0.5) is 0 Å². The number of fused-ring (bicyclic) bond motifs is 6. The van der Waals surface area contributed by atoms with Crippen molar-refractivity contribution in [1.82, 2.24) is 20.0 Å². The van der Waals surface area contributed by atoms with Gasteiger partial charge in [-0.2, -0.15) is 0 Å². The molecule has 0 radical (unpaired) electrons. The lowest BCUT2D eigenvalue weighted by molar-refractivity contribution is -0.147. The van der Waals surface area contributed by atoms with Crippen LogP contribution in [0.3, 0.4) is 0 Å². The molecule has 36 heavy (non-hydrogen) atoms. The first-order valence-corrected chi connectivity index (χ1v) is 13.6. The normalized spacial score (nSPS) is 40.4. The van der Waals surface area contributed by atoms with E-state index in [9.17, 15) is 24.6 Å². The molecule has 200 valence electrons. The first kappa shape index (κ1) is 24.5. The van der Waals surface area contributed by atoms with Crippen LogP contribution in [0.5, 0.6) is 0 Å². The van der Waals surface area contributed by atoms with E-state index in [-0.39, 0.29) is 54.8 Å². The highest BCUT2D eigenvalue weighted by molar-refractivity contribution is 5.83. The van der Waals surface area contributed by atoms with E-state index in [1.807, 2.05) is 4.90 Å². The van der Waals surface area contributed by atoms with Gasteiger partial charge in [0.25, 0.3) is 0 Å². The predicted octanol–water partition coefficient (Wildman–Crippen LogP) is -1.69. The van der Waals surface area contributed by atoms with E-state index in [0.29, 0.717) is 45.1 Å². The Kier molecular flexibility index (Phi) is 6.70. The van der Waals surface area contributed by atoms with Crippen LogP contribution in [-0.2, 0) is 23.9 Å². The Morgan fingerprint density at radius 3 is 2.53 bits per heavy atom.